The minimum absolute atomic E-state index is 0.0444. The van der Waals surface area contributed by atoms with Gasteiger partial charge in [0.25, 0.3) is 5.91 Å². The van der Waals surface area contributed by atoms with Crippen LogP contribution in [0.25, 0.3) is 5.82 Å². The maximum Gasteiger partial charge on any atom is 0.254 e. The van der Waals surface area contributed by atoms with Gasteiger partial charge in [0.05, 0.1) is 63.2 Å². The van der Waals surface area contributed by atoms with Crippen molar-refractivity contribution in [3.05, 3.63) is 178 Å². The highest BCUT2D eigenvalue weighted by molar-refractivity contribution is 5.98. The summed E-state index contributed by atoms with van der Waals surface area (Å²) in [6, 6.07) is 23.5. The zero-order valence-electron chi connectivity index (χ0n) is 87.7. The van der Waals surface area contributed by atoms with Crippen LogP contribution in [0.1, 0.15) is 344 Å². The third-order valence-corrected chi connectivity index (χ3v) is 28.1. The zero-order chi connectivity index (χ0) is 104. The van der Waals surface area contributed by atoms with Gasteiger partial charge in [-0.25, -0.2) is 49.5 Å². The highest BCUT2D eigenvalue weighted by Crippen LogP contribution is 2.29. The fraction of sp³-hybridized carbons (Fsp3) is 0.607. The molecule has 35 heteroatoms. The molecule has 800 valence electrons. The van der Waals surface area contributed by atoms with Gasteiger partial charge in [-0.2, -0.15) is 5.10 Å². The van der Waals surface area contributed by atoms with Crippen molar-refractivity contribution in [2.45, 2.75) is 333 Å². The van der Waals surface area contributed by atoms with E-state index in [9.17, 15) is 43.5 Å². The minimum Gasteiger partial charge on any atom is -0.383 e. The maximum atomic E-state index is 13.4. The predicted octanol–water partition coefficient (Wildman–Crippen LogP) is 14.4. The molecular weight excluding hydrogens is 1850 g/mol. The molecular formula is C112H168N26O9. The first-order valence-corrected chi connectivity index (χ1v) is 55.3. The molecule has 0 radical (unpaired) electrons. The number of Topliss-reactive ketones (excluding diaryl/α,β-unsaturated/α-hetero) is 3. The molecule has 35 nitrogen and oxygen atoms in total. The molecule has 2 aromatic carbocycles. The number of hydrogen-bond donors (Lipinski definition) is 13. The Balaban J connectivity index is 0.000000187. The molecule has 1 unspecified atom stereocenters. The molecule has 0 aliphatic carbocycles. The summed E-state index contributed by atoms with van der Waals surface area (Å²) >= 11 is 0. The Morgan fingerprint density at radius 3 is 1.23 bits per heavy atom. The molecule has 8 aromatic rings. The molecule has 0 saturated carbocycles. The molecule has 12 heterocycles. The Kier molecular flexibility index (Phi) is 52.3. The van der Waals surface area contributed by atoms with Gasteiger partial charge in [0, 0.05) is 147 Å². The number of nitrogens with two attached hydrogens (primary N) is 3. The predicted molar refractivity (Wildman–Crippen MR) is 580 cm³/mol. The summed E-state index contributed by atoms with van der Waals surface area (Å²) in [5.74, 6) is 3.16. The van der Waals surface area contributed by atoms with E-state index in [2.05, 4.69) is 157 Å². The second-order valence-electron chi connectivity index (χ2n) is 40.4. The van der Waals surface area contributed by atoms with E-state index in [0.717, 1.165) is 294 Å². The molecule has 0 spiro atoms. The number of benzene rings is 2. The number of carbonyl (C=O) groups excluding carboxylic acids is 8. The Labute approximate surface area is 870 Å². The molecule has 2 saturated heterocycles. The summed E-state index contributed by atoms with van der Waals surface area (Å²) in [6.45, 7) is 12.3. The van der Waals surface area contributed by atoms with Crippen LogP contribution in [0.3, 0.4) is 0 Å². The number of aromatic nitrogens is 11. The summed E-state index contributed by atoms with van der Waals surface area (Å²) < 4.78 is 1.67. The Bertz CT molecular complexity index is 5220. The normalized spacial score (nSPS) is 19.8. The Hall–Kier alpha value is -11.8. The number of rotatable bonds is 19. The van der Waals surface area contributed by atoms with Crippen LogP contribution < -0.4 is 70.0 Å². The van der Waals surface area contributed by atoms with Crippen molar-refractivity contribution in [1.29, 1.82) is 0 Å². The molecule has 2 fully saturated rings. The van der Waals surface area contributed by atoms with E-state index in [1.807, 2.05) is 38.5 Å². The van der Waals surface area contributed by atoms with Gasteiger partial charge in [-0.1, -0.05) is 151 Å². The monoisotopic (exact) mass is 2020 g/mol. The van der Waals surface area contributed by atoms with Crippen LogP contribution >= 0.6 is 0 Å². The molecule has 6 aliphatic rings. The van der Waals surface area contributed by atoms with E-state index in [4.69, 9.17) is 27.2 Å². The number of nitrogens with one attached hydrogen (secondary N) is 9. The van der Waals surface area contributed by atoms with Crippen molar-refractivity contribution in [3.63, 3.8) is 0 Å². The number of carbonyl (C=O) groups is 8. The van der Waals surface area contributed by atoms with Gasteiger partial charge in [-0.15, -0.1) is 0 Å². The van der Waals surface area contributed by atoms with Crippen LogP contribution in [-0.4, -0.2) is 240 Å². The fourth-order valence-electron chi connectivity index (χ4n) is 19.1. The van der Waals surface area contributed by atoms with Gasteiger partial charge in [0.1, 0.15) is 6.10 Å². The summed E-state index contributed by atoms with van der Waals surface area (Å²) in [5.41, 5.74) is 28.5. The van der Waals surface area contributed by atoms with Crippen molar-refractivity contribution in [3.8, 4) is 5.82 Å². The lowest BCUT2D eigenvalue weighted by molar-refractivity contribution is -0.129. The fourth-order valence-corrected chi connectivity index (χ4v) is 19.1. The van der Waals surface area contributed by atoms with Crippen LogP contribution in [0.2, 0.25) is 0 Å². The van der Waals surface area contributed by atoms with Gasteiger partial charge in [-0.3, -0.25) is 43.3 Å². The number of aliphatic hydroxyl groups excluding tert-OH is 1. The summed E-state index contributed by atoms with van der Waals surface area (Å²) in [6.07, 6.45) is 51.8. The van der Waals surface area contributed by atoms with Crippen molar-refractivity contribution in [2.75, 3.05) is 125 Å². The second-order valence-corrected chi connectivity index (χ2v) is 40.4. The number of anilines is 5. The lowest BCUT2D eigenvalue weighted by Gasteiger charge is -2.31. The molecule has 6 aromatic heterocycles. The molecule has 5 amide bonds. The molecule has 6 aliphatic heterocycles. The van der Waals surface area contributed by atoms with E-state index >= 15 is 0 Å². The number of amides is 5. The van der Waals surface area contributed by atoms with Crippen LogP contribution in [-0.2, 0) is 64.4 Å². The number of likely N-dealkylation sites (tertiary alicyclic amines) is 1. The van der Waals surface area contributed by atoms with Crippen molar-refractivity contribution in [1.82, 2.24) is 91.0 Å². The van der Waals surface area contributed by atoms with Crippen molar-refractivity contribution < 1.29 is 43.5 Å². The highest BCUT2D eigenvalue weighted by Gasteiger charge is 2.28. The third kappa shape index (κ3) is 43.2. The second kappa shape index (κ2) is 66.5. The molecule has 8 bridgehead atoms. The van der Waals surface area contributed by atoms with Gasteiger partial charge >= 0.3 is 0 Å². The van der Waals surface area contributed by atoms with E-state index in [0.29, 0.717) is 167 Å². The van der Waals surface area contributed by atoms with E-state index < -0.39 is 24.2 Å². The summed E-state index contributed by atoms with van der Waals surface area (Å²) in [7, 11) is 4.02. The highest BCUT2D eigenvalue weighted by atomic mass is 16.3. The largest absolute Gasteiger partial charge is 0.383 e. The molecule has 14 rings (SSSR count). The number of pyridine rings is 1. The standard InChI is InChI=1S/2C31H46N6O2.C27H36N8O3.C23H40N6O2/c32-27-13-7-4-8-14-28-26(22-35-31(36-28)34-18-10-2-1-9-17-33-30(27)39)29(38)21-24-15-19-37(20-16-24)23-25-11-5-3-6-12-25;32-27-11-5-3-6-12-28-26(23-35-31(36-28)34-20-8-2-1-7-19-33-30(27)39)29(38)18-15-24-13-16-25(17-14-24)37-21-9-4-10-22-37;36-23-10-5-3-4-9-22-21(19-32-27(34-22)29-14-7-2-1-6-13-28-26(23)38)25(37)31-18-20-11-12-24(30-17-20)35-16-8-15-33-35;1-29(2)16-10-13-21(30)18-17-27-23-26-15-9-4-3-8-14-25-22(31)19(24)11-6-5-7-12-20(18)28-23/h3,5-6,11-12,22,24,27H,1-2,4,7-10,13-21,23,32H2,(H,33,39)(H,34,35,36);13-14,16-17,23,27H,1-12,15,18-22,32H2,(H,33,39)(H,34,35,36);8,11-12,15-17,19,23,36H,1-7,9-10,13-14,18H2,(H,28,38)(H,31,37)(H,29,32,34);17,19H,3-16,24H2,1-2H3,(H,25,31)(H,26,27,28)/t2*27-;;19-/m00.0/s1. The first kappa shape index (κ1) is 116. The molecule has 147 heavy (non-hydrogen) atoms. The average molecular weight is 2020 g/mol. The number of fused-ring (bicyclic) bond motifs is 8. The molecule has 16 N–H and O–H groups in total. The quantitative estimate of drug-likeness (QED) is 0.0334. The maximum absolute atomic E-state index is 13.4. The van der Waals surface area contributed by atoms with Gasteiger partial charge in [-0.05, 0) is 254 Å². The number of hydrogen-bond acceptors (Lipinski definition) is 29. The Morgan fingerprint density at radius 2 is 0.796 bits per heavy atom. The topological polar surface area (TPSA) is 487 Å². The molecule has 4 atom stereocenters. The van der Waals surface area contributed by atoms with Crippen LogP contribution in [0.4, 0.5) is 29.5 Å². The van der Waals surface area contributed by atoms with Crippen molar-refractivity contribution >= 4 is 76.4 Å². The average Bonchev–Trinajstić information content (AvgIpc) is 1.66. The minimum atomic E-state index is -0.979. The number of aliphatic hydroxyl groups is 1. The van der Waals surface area contributed by atoms with Crippen LogP contribution in [0.5, 0.6) is 0 Å². The van der Waals surface area contributed by atoms with Gasteiger partial charge in [0.2, 0.25) is 47.4 Å². The number of nitrogens with zero attached hydrogens (tertiary/aromatic N) is 14. The Morgan fingerprint density at radius 1 is 0.395 bits per heavy atom. The van der Waals surface area contributed by atoms with Crippen LogP contribution in [0, 0.1) is 5.92 Å². The van der Waals surface area contributed by atoms with Gasteiger partial charge in [0.15, 0.2) is 23.2 Å². The summed E-state index contributed by atoms with van der Waals surface area (Å²) in [5, 5.41) is 42.2. The van der Waals surface area contributed by atoms with E-state index in [-0.39, 0.29) is 46.9 Å². The van der Waals surface area contributed by atoms with E-state index in [1.54, 1.807) is 41.9 Å². The van der Waals surface area contributed by atoms with Crippen LogP contribution in [0.15, 0.2) is 116 Å². The lowest BCUT2D eigenvalue weighted by atomic mass is 9.89. The lowest BCUT2D eigenvalue weighted by Crippen LogP contribution is -2.40. The first-order chi connectivity index (χ1) is 71.7. The van der Waals surface area contributed by atoms with Gasteiger partial charge < -0.3 is 80.0 Å². The number of ketones is 3. The van der Waals surface area contributed by atoms with Crippen molar-refractivity contribution in [2.24, 2.45) is 23.1 Å². The zero-order valence-corrected chi connectivity index (χ0v) is 87.7. The SMILES string of the molecule is CN(C)CCCC(=O)c1cnc2nc1CCCCC[C@H](N)C(=O)NCCCCCCN2.N[C@H]1CCCCCc2nc(ncc2C(=O)CC2CCN(Cc3ccccc3)CC2)NCCCCCCNC1=O.N[C@H]1CCCCCc2nc(ncc2C(=O)CCc2ccc(N3CCCCC3)cc2)NCCCCCCNC1=O.O=C(NCc1ccc(-n2cccn2)nc1)c1cnc2nc1CCCCCC(O)C(=O)NCCCCCCN2. The third-order valence-electron chi connectivity index (χ3n) is 28.1. The number of aryl methyl sites for hydroxylation is 5. The van der Waals surface area contributed by atoms with E-state index in [1.165, 1.54) is 36.1 Å². The number of piperidine rings is 2. The first-order valence-electron chi connectivity index (χ1n) is 55.3. The summed E-state index contributed by atoms with van der Waals surface area (Å²) in [4.78, 5) is 149. The smallest absolute Gasteiger partial charge is 0.254 e.